The number of fused-ring (bicyclic) bond motifs is 1. The molecule has 26 heavy (non-hydrogen) atoms. The van der Waals surface area contributed by atoms with Crippen molar-refractivity contribution in [2.24, 2.45) is 0 Å². The van der Waals surface area contributed by atoms with Crippen molar-refractivity contribution in [3.05, 3.63) is 106 Å². The van der Waals surface area contributed by atoms with E-state index >= 15 is 0 Å². The molecule has 0 unspecified atom stereocenters. The summed E-state index contributed by atoms with van der Waals surface area (Å²) in [6.07, 6.45) is 7.30. The molecule has 2 heterocycles. The van der Waals surface area contributed by atoms with Crippen LogP contribution in [0.1, 0.15) is 17.0 Å². The second-order valence-electron chi connectivity index (χ2n) is 5.98. The van der Waals surface area contributed by atoms with Gasteiger partial charge in [0.05, 0.1) is 10.9 Å². The van der Waals surface area contributed by atoms with Crippen LogP contribution in [0.3, 0.4) is 0 Å². The fraction of sp³-hybridized carbons (Fsp3) is 0.0455. The normalized spacial score (nSPS) is 11.2. The summed E-state index contributed by atoms with van der Waals surface area (Å²) < 4.78 is 2.07. The van der Waals surface area contributed by atoms with Crippen molar-refractivity contribution in [1.82, 2.24) is 14.5 Å². The lowest BCUT2D eigenvalue weighted by Crippen LogP contribution is -2.17. The van der Waals surface area contributed by atoms with Crippen molar-refractivity contribution < 1.29 is 0 Å². The lowest BCUT2D eigenvalue weighted by molar-refractivity contribution is 0.786. The van der Waals surface area contributed by atoms with Crippen LogP contribution in [0, 0.1) is 0 Å². The predicted molar refractivity (Wildman–Crippen MR) is 105 cm³/mol. The van der Waals surface area contributed by atoms with Crippen LogP contribution in [0.2, 0.25) is 0 Å². The van der Waals surface area contributed by atoms with E-state index in [0.717, 1.165) is 16.6 Å². The van der Waals surface area contributed by atoms with Crippen molar-refractivity contribution in [1.29, 1.82) is 0 Å². The molecule has 4 nitrogen and oxygen atoms in total. The molecule has 0 fully saturated rings. The third-order valence-corrected chi connectivity index (χ3v) is 4.21. The summed E-state index contributed by atoms with van der Waals surface area (Å²) in [5, 5.41) is 0.627. The van der Waals surface area contributed by atoms with E-state index in [-0.39, 0.29) is 5.56 Å². The smallest absolute Gasteiger partial charge is 0.281 e. The summed E-state index contributed by atoms with van der Waals surface area (Å²) in [5.41, 5.74) is 2.78. The van der Waals surface area contributed by atoms with E-state index in [0.29, 0.717) is 17.8 Å². The van der Waals surface area contributed by atoms with Gasteiger partial charge in [-0.15, -0.1) is 0 Å². The van der Waals surface area contributed by atoms with Gasteiger partial charge in [0.2, 0.25) is 0 Å². The molecule has 0 spiro atoms. The maximum atomic E-state index is 12.4. The Morgan fingerprint density at radius 1 is 0.885 bits per heavy atom. The monoisotopic (exact) mass is 339 g/mol. The Morgan fingerprint density at radius 2 is 1.69 bits per heavy atom. The number of nitrogens with zero attached hydrogens (tertiary/aromatic N) is 3. The summed E-state index contributed by atoms with van der Waals surface area (Å²) in [7, 11) is 0. The van der Waals surface area contributed by atoms with Crippen molar-refractivity contribution in [2.45, 2.75) is 6.54 Å². The van der Waals surface area contributed by atoms with Gasteiger partial charge in [-0.25, -0.2) is 0 Å². The Labute approximate surface area is 151 Å². The standard InChI is InChI=1S/C22H17N3O/c26-22-19-10-4-5-11-20(19)25(16-18-7-2-1-3-8-18)21(24-22)13-12-17-9-6-14-23-15-17/h1-15H,16H2/b13-12+. The molecule has 0 bridgehead atoms. The molecule has 0 saturated carbocycles. The molecule has 4 rings (SSSR count). The maximum absolute atomic E-state index is 12.4. The minimum Gasteiger partial charge on any atom is -0.321 e. The lowest BCUT2D eigenvalue weighted by Gasteiger charge is -2.14. The van der Waals surface area contributed by atoms with Gasteiger partial charge in [-0.2, -0.15) is 4.98 Å². The van der Waals surface area contributed by atoms with E-state index in [1.165, 1.54) is 0 Å². The van der Waals surface area contributed by atoms with E-state index in [1.807, 2.05) is 66.7 Å². The third-order valence-electron chi connectivity index (χ3n) is 4.21. The summed E-state index contributed by atoms with van der Waals surface area (Å²) in [4.78, 5) is 20.9. The van der Waals surface area contributed by atoms with Crippen LogP contribution in [-0.4, -0.2) is 14.5 Å². The molecule has 0 amide bonds. The van der Waals surface area contributed by atoms with Crippen LogP contribution in [-0.2, 0) is 6.54 Å². The highest BCUT2D eigenvalue weighted by Gasteiger charge is 2.09. The second-order valence-corrected chi connectivity index (χ2v) is 5.98. The second kappa shape index (κ2) is 7.15. The SMILES string of the molecule is O=c1nc(/C=C/c2cccnc2)n(Cc2ccccc2)c2ccccc12. The quantitative estimate of drug-likeness (QED) is 0.564. The van der Waals surface area contributed by atoms with Crippen molar-refractivity contribution in [2.75, 3.05) is 0 Å². The number of para-hydroxylation sites is 1. The first kappa shape index (κ1) is 16.0. The molecule has 4 heteroatoms. The molecular weight excluding hydrogens is 322 g/mol. The molecule has 0 N–H and O–H groups in total. The molecule has 2 aromatic carbocycles. The van der Waals surface area contributed by atoms with Gasteiger partial charge < -0.3 is 4.57 Å². The maximum Gasteiger partial charge on any atom is 0.281 e. The number of aromatic nitrogens is 3. The highest BCUT2D eigenvalue weighted by atomic mass is 16.1. The number of hydrogen-bond acceptors (Lipinski definition) is 3. The highest BCUT2D eigenvalue weighted by Crippen LogP contribution is 2.16. The van der Waals surface area contributed by atoms with Gasteiger partial charge >= 0.3 is 0 Å². The van der Waals surface area contributed by atoms with Gasteiger partial charge in [0.25, 0.3) is 5.56 Å². The summed E-state index contributed by atoms with van der Waals surface area (Å²) in [6.45, 7) is 0.640. The zero-order chi connectivity index (χ0) is 17.8. The fourth-order valence-electron chi connectivity index (χ4n) is 2.94. The summed E-state index contributed by atoms with van der Waals surface area (Å²) in [5.74, 6) is 0.626. The number of pyridine rings is 1. The van der Waals surface area contributed by atoms with E-state index in [2.05, 4.69) is 26.7 Å². The molecule has 126 valence electrons. The molecule has 0 aliphatic carbocycles. The first-order valence-corrected chi connectivity index (χ1v) is 8.43. The lowest BCUT2D eigenvalue weighted by atomic mass is 10.2. The molecule has 4 aromatic rings. The Kier molecular flexibility index (Phi) is 4.39. The Balaban J connectivity index is 1.86. The average molecular weight is 339 g/mol. The van der Waals surface area contributed by atoms with Crippen LogP contribution < -0.4 is 5.56 Å². The minimum absolute atomic E-state index is 0.212. The number of rotatable bonds is 4. The van der Waals surface area contributed by atoms with Crippen LogP contribution in [0.5, 0.6) is 0 Å². The van der Waals surface area contributed by atoms with E-state index in [1.54, 1.807) is 12.4 Å². The number of benzene rings is 2. The molecule has 0 saturated heterocycles. The molecular formula is C22H17N3O. The summed E-state index contributed by atoms with van der Waals surface area (Å²) in [6, 6.07) is 21.6. The topological polar surface area (TPSA) is 47.8 Å². The van der Waals surface area contributed by atoms with Crippen LogP contribution in [0.25, 0.3) is 23.1 Å². The minimum atomic E-state index is -0.212. The number of hydrogen-bond donors (Lipinski definition) is 0. The largest absolute Gasteiger partial charge is 0.321 e. The van der Waals surface area contributed by atoms with Gasteiger partial charge in [0.1, 0.15) is 5.82 Å². The van der Waals surface area contributed by atoms with Crippen LogP contribution >= 0.6 is 0 Å². The van der Waals surface area contributed by atoms with E-state index in [9.17, 15) is 4.79 Å². The van der Waals surface area contributed by atoms with Crippen molar-refractivity contribution >= 4 is 23.1 Å². The third kappa shape index (κ3) is 3.30. The summed E-state index contributed by atoms with van der Waals surface area (Å²) >= 11 is 0. The molecule has 2 aromatic heterocycles. The first-order valence-electron chi connectivity index (χ1n) is 8.43. The Morgan fingerprint density at radius 3 is 2.50 bits per heavy atom. The molecule has 0 radical (unpaired) electrons. The van der Waals surface area contributed by atoms with Gasteiger partial charge in [0.15, 0.2) is 0 Å². The molecule has 0 atom stereocenters. The first-order chi connectivity index (χ1) is 12.8. The Bertz CT molecular complexity index is 1120. The fourth-order valence-corrected chi connectivity index (χ4v) is 2.94. The van der Waals surface area contributed by atoms with Gasteiger partial charge in [-0.3, -0.25) is 9.78 Å². The molecule has 0 aliphatic rings. The van der Waals surface area contributed by atoms with Gasteiger partial charge in [0, 0.05) is 18.9 Å². The van der Waals surface area contributed by atoms with E-state index < -0.39 is 0 Å². The zero-order valence-corrected chi connectivity index (χ0v) is 14.1. The Hall–Kier alpha value is -3.53. The molecule has 0 aliphatic heterocycles. The van der Waals surface area contributed by atoms with E-state index in [4.69, 9.17) is 0 Å². The van der Waals surface area contributed by atoms with Gasteiger partial charge in [-0.1, -0.05) is 48.5 Å². The predicted octanol–water partition coefficient (Wildman–Crippen LogP) is 4.01. The average Bonchev–Trinajstić information content (AvgIpc) is 2.70. The zero-order valence-electron chi connectivity index (χ0n) is 14.1. The van der Waals surface area contributed by atoms with Crippen molar-refractivity contribution in [3.8, 4) is 0 Å². The van der Waals surface area contributed by atoms with Gasteiger partial charge in [-0.05, 0) is 41.5 Å². The van der Waals surface area contributed by atoms with Crippen LogP contribution in [0.4, 0.5) is 0 Å². The van der Waals surface area contributed by atoms with Crippen LogP contribution in [0.15, 0.2) is 83.9 Å². The van der Waals surface area contributed by atoms with Crippen molar-refractivity contribution in [3.63, 3.8) is 0 Å². The highest BCUT2D eigenvalue weighted by molar-refractivity contribution is 5.80.